The van der Waals surface area contributed by atoms with E-state index in [1.807, 2.05) is 6.92 Å². The monoisotopic (exact) mass is 215 g/mol. The highest BCUT2D eigenvalue weighted by molar-refractivity contribution is 5.95. The summed E-state index contributed by atoms with van der Waals surface area (Å²) in [6.45, 7) is 2.13. The number of ether oxygens (including phenoxy) is 1. The maximum absolute atomic E-state index is 11.1. The molecule has 0 aliphatic heterocycles. The quantitative estimate of drug-likeness (QED) is 0.778. The number of hydrogen-bond donors (Lipinski definition) is 1. The third-order valence-electron chi connectivity index (χ3n) is 2.01. The van der Waals surface area contributed by atoms with Crippen LogP contribution in [0.1, 0.15) is 17.3 Å². The highest BCUT2D eigenvalue weighted by Crippen LogP contribution is 2.17. The zero-order valence-corrected chi connectivity index (χ0v) is 9.07. The average molecular weight is 215 g/mol. The molecule has 0 aliphatic rings. The Balaban J connectivity index is 2.75. The van der Waals surface area contributed by atoms with Gasteiger partial charge in [0.2, 0.25) is 0 Å². The number of benzene rings is 1. The van der Waals surface area contributed by atoms with E-state index >= 15 is 0 Å². The van der Waals surface area contributed by atoms with E-state index in [-0.39, 0.29) is 0 Å². The van der Waals surface area contributed by atoms with Crippen molar-refractivity contribution in [3.05, 3.63) is 41.5 Å². The lowest BCUT2D eigenvalue weighted by Gasteiger charge is -2.06. The summed E-state index contributed by atoms with van der Waals surface area (Å²) in [6.07, 6.45) is 6.94. The van der Waals surface area contributed by atoms with Gasteiger partial charge in [0.1, 0.15) is 12.4 Å². The number of carbonyl (C=O) groups is 1. The summed E-state index contributed by atoms with van der Waals surface area (Å²) in [7, 11) is 0. The smallest absolute Gasteiger partial charge is 0.252 e. The molecular formula is C13H13NO2. The standard InChI is InChI=1S/C13H13NO2/c1-3-10(2)8-9-16-12-7-5-4-6-11(12)13(14)15/h1,4-8H,9H2,2H3,(H2,14,15)/b10-8+. The summed E-state index contributed by atoms with van der Waals surface area (Å²) in [5.74, 6) is 2.44. The molecule has 2 N–H and O–H groups in total. The van der Waals surface area contributed by atoms with Gasteiger partial charge in [0.15, 0.2) is 0 Å². The van der Waals surface area contributed by atoms with E-state index in [1.165, 1.54) is 0 Å². The molecule has 0 aliphatic carbocycles. The predicted octanol–water partition coefficient (Wildman–Crippen LogP) is 1.74. The van der Waals surface area contributed by atoms with E-state index in [0.717, 1.165) is 5.57 Å². The van der Waals surface area contributed by atoms with Gasteiger partial charge in [-0.1, -0.05) is 18.1 Å². The van der Waals surface area contributed by atoms with E-state index in [9.17, 15) is 4.79 Å². The molecule has 3 nitrogen and oxygen atoms in total. The molecule has 1 amide bonds. The highest BCUT2D eigenvalue weighted by Gasteiger charge is 2.06. The Kier molecular flexibility index (Phi) is 4.16. The summed E-state index contributed by atoms with van der Waals surface area (Å²) in [6, 6.07) is 6.82. The second kappa shape index (κ2) is 5.62. The molecule has 1 aromatic carbocycles. The van der Waals surface area contributed by atoms with Gasteiger partial charge in [-0.25, -0.2) is 0 Å². The minimum absolute atomic E-state index is 0.320. The molecular weight excluding hydrogens is 202 g/mol. The van der Waals surface area contributed by atoms with Gasteiger partial charge >= 0.3 is 0 Å². The molecule has 0 heterocycles. The molecule has 3 heteroatoms. The summed E-state index contributed by atoms with van der Waals surface area (Å²) >= 11 is 0. The fourth-order valence-corrected chi connectivity index (χ4v) is 1.11. The molecule has 16 heavy (non-hydrogen) atoms. The molecule has 0 unspecified atom stereocenters. The Morgan fingerprint density at radius 2 is 2.25 bits per heavy atom. The fourth-order valence-electron chi connectivity index (χ4n) is 1.11. The molecule has 1 aromatic rings. The van der Waals surface area contributed by atoms with Crippen LogP contribution in [0.3, 0.4) is 0 Å². The van der Waals surface area contributed by atoms with Gasteiger partial charge < -0.3 is 10.5 Å². The van der Waals surface area contributed by atoms with Gasteiger partial charge in [-0.05, 0) is 30.7 Å². The van der Waals surface area contributed by atoms with Crippen molar-refractivity contribution in [1.29, 1.82) is 0 Å². The Labute approximate surface area is 94.9 Å². The Bertz CT molecular complexity index is 455. The van der Waals surface area contributed by atoms with Crippen molar-refractivity contribution in [2.75, 3.05) is 6.61 Å². The van der Waals surface area contributed by atoms with Crippen LogP contribution in [0, 0.1) is 12.3 Å². The first kappa shape index (κ1) is 11.9. The summed E-state index contributed by atoms with van der Waals surface area (Å²) in [4.78, 5) is 11.1. The number of hydrogen-bond acceptors (Lipinski definition) is 2. The lowest BCUT2D eigenvalue weighted by atomic mass is 10.2. The van der Waals surface area contributed by atoms with Crippen molar-refractivity contribution in [2.24, 2.45) is 5.73 Å². The lowest BCUT2D eigenvalue weighted by Crippen LogP contribution is -2.12. The Morgan fingerprint density at radius 3 is 2.88 bits per heavy atom. The summed E-state index contributed by atoms with van der Waals surface area (Å²) in [5, 5.41) is 0. The van der Waals surface area contributed by atoms with Crippen LogP contribution in [0.15, 0.2) is 35.9 Å². The minimum Gasteiger partial charge on any atom is -0.489 e. The molecule has 0 saturated heterocycles. The molecule has 0 bridgehead atoms. The molecule has 0 fully saturated rings. The van der Waals surface area contributed by atoms with Gasteiger partial charge in [0.05, 0.1) is 5.56 Å². The van der Waals surface area contributed by atoms with Crippen LogP contribution in [0.25, 0.3) is 0 Å². The van der Waals surface area contributed by atoms with Gasteiger partial charge in [-0.15, -0.1) is 6.42 Å². The van der Waals surface area contributed by atoms with Crippen molar-refractivity contribution >= 4 is 5.91 Å². The number of allylic oxidation sites excluding steroid dienone is 1. The van der Waals surface area contributed by atoms with E-state index in [1.54, 1.807) is 30.3 Å². The minimum atomic E-state index is -0.506. The fraction of sp³-hybridized carbons (Fsp3) is 0.154. The highest BCUT2D eigenvalue weighted by atomic mass is 16.5. The van der Waals surface area contributed by atoms with Gasteiger partial charge in [-0.2, -0.15) is 0 Å². The number of primary amides is 1. The Morgan fingerprint density at radius 1 is 1.56 bits per heavy atom. The molecule has 0 saturated carbocycles. The molecule has 0 spiro atoms. The van der Waals surface area contributed by atoms with Crippen molar-refractivity contribution in [1.82, 2.24) is 0 Å². The number of carbonyl (C=O) groups excluding carboxylic acids is 1. The van der Waals surface area contributed by atoms with Crippen LogP contribution in [-0.4, -0.2) is 12.5 Å². The maximum Gasteiger partial charge on any atom is 0.252 e. The second-order valence-electron chi connectivity index (χ2n) is 3.20. The number of terminal acetylenes is 1. The summed E-state index contributed by atoms with van der Waals surface area (Å²) in [5.41, 5.74) is 6.36. The van der Waals surface area contributed by atoms with Gasteiger partial charge in [-0.3, -0.25) is 4.79 Å². The number of rotatable bonds is 4. The zero-order chi connectivity index (χ0) is 12.0. The maximum atomic E-state index is 11.1. The van der Waals surface area contributed by atoms with Crippen molar-refractivity contribution in [2.45, 2.75) is 6.92 Å². The van der Waals surface area contributed by atoms with Crippen molar-refractivity contribution in [3.8, 4) is 18.1 Å². The van der Waals surface area contributed by atoms with Crippen molar-refractivity contribution in [3.63, 3.8) is 0 Å². The molecule has 0 aromatic heterocycles. The number of para-hydroxylation sites is 1. The number of amides is 1. The largest absolute Gasteiger partial charge is 0.489 e. The third-order valence-corrected chi connectivity index (χ3v) is 2.01. The Hall–Kier alpha value is -2.21. The predicted molar refractivity (Wildman–Crippen MR) is 63.0 cm³/mol. The normalized spacial score (nSPS) is 10.6. The molecule has 1 rings (SSSR count). The second-order valence-corrected chi connectivity index (χ2v) is 3.20. The van der Waals surface area contributed by atoms with Crippen molar-refractivity contribution < 1.29 is 9.53 Å². The zero-order valence-electron chi connectivity index (χ0n) is 9.07. The van der Waals surface area contributed by atoms with Crippen LogP contribution < -0.4 is 10.5 Å². The van der Waals surface area contributed by atoms with Crippen LogP contribution in [-0.2, 0) is 0 Å². The van der Waals surface area contributed by atoms with E-state index < -0.39 is 5.91 Å². The SMILES string of the molecule is C#C/C(C)=C/COc1ccccc1C(N)=O. The topological polar surface area (TPSA) is 52.3 Å². The van der Waals surface area contributed by atoms with Crippen LogP contribution in [0.2, 0.25) is 0 Å². The third kappa shape index (κ3) is 3.18. The first-order valence-corrected chi connectivity index (χ1v) is 4.80. The van der Waals surface area contributed by atoms with E-state index in [4.69, 9.17) is 16.9 Å². The molecule has 0 radical (unpaired) electrons. The van der Waals surface area contributed by atoms with Gasteiger partial charge in [0.25, 0.3) is 5.91 Å². The van der Waals surface area contributed by atoms with E-state index in [2.05, 4.69) is 5.92 Å². The molecule has 0 atom stereocenters. The van der Waals surface area contributed by atoms with Gasteiger partial charge in [0, 0.05) is 0 Å². The van der Waals surface area contributed by atoms with E-state index in [0.29, 0.717) is 17.9 Å². The van der Waals surface area contributed by atoms with Crippen LogP contribution in [0.5, 0.6) is 5.75 Å². The van der Waals surface area contributed by atoms with Crippen LogP contribution >= 0.6 is 0 Å². The average Bonchev–Trinajstić information content (AvgIpc) is 2.29. The summed E-state index contributed by atoms with van der Waals surface area (Å²) < 4.78 is 5.40. The first-order chi connectivity index (χ1) is 7.65. The van der Waals surface area contributed by atoms with Crippen LogP contribution in [0.4, 0.5) is 0 Å². The first-order valence-electron chi connectivity index (χ1n) is 4.80. The molecule has 82 valence electrons. The lowest BCUT2D eigenvalue weighted by molar-refractivity contribution is 0.0997. The number of nitrogens with two attached hydrogens (primary N) is 1.